The maximum absolute atomic E-state index is 13.1. The molecular formula is C27H23F3N4O3S. The minimum Gasteiger partial charge on any atom is -0.478 e. The second kappa shape index (κ2) is 9.80. The first-order chi connectivity index (χ1) is 18.0. The van der Waals surface area contributed by atoms with Gasteiger partial charge < -0.3 is 15.5 Å². The number of aliphatic hydroxyl groups is 1. The number of benzene rings is 1. The second-order valence-corrected chi connectivity index (χ2v) is 10.3. The van der Waals surface area contributed by atoms with Crippen LogP contribution in [-0.2, 0) is 18.2 Å². The Kier molecular flexibility index (Phi) is 6.66. The highest BCUT2D eigenvalue weighted by atomic mass is 32.1. The summed E-state index contributed by atoms with van der Waals surface area (Å²) in [5.74, 6) is -0.752. The molecule has 0 spiro atoms. The number of hydrogen-bond acceptors (Lipinski definition) is 7. The van der Waals surface area contributed by atoms with Crippen molar-refractivity contribution in [3.05, 3.63) is 87.7 Å². The van der Waals surface area contributed by atoms with E-state index in [0.717, 1.165) is 48.7 Å². The van der Waals surface area contributed by atoms with E-state index in [1.54, 1.807) is 24.4 Å². The molecule has 3 heterocycles. The fraction of sp³-hybridized carbons (Fsp3) is 0.259. The molecule has 0 amide bonds. The third-order valence-corrected chi connectivity index (χ3v) is 7.63. The molecule has 3 aromatic heterocycles. The van der Waals surface area contributed by atoms with Gasteiger partial charge in [-0.3, -0.25) is 0 Å². The number of carboxylic acid groups (broad SMARTS) is 1. The van der Waals surface area contributed by atoms with E-state index in [2.05, 4.69) is 20.3 Å². The van der Waals surface area contributed by atoms with Crippen molar-refractivity contribution in [3.63, 3.8) is 0 Å². The Hall–Kier alpha value is -3.83. The smallest absolute Gasteiger partial charge is 0.416 e. The van der Waals surface area contributed by atoms with Crippen molar-refractivity contribution in [2.45, 2.75) is 44.4 Å². The molecule has 5 rings (SSSR count). The highest BCUT2D eigenvalue weighted by molar-refractivity contribution is 7.15. The quantitative estimate of drug-likeness (QED) is 0.254. The minimum absolute atomic E-state index is 0.00692. The lowest BCUT2D eigenvalue weighted by Crippen LogP contribution is -2.27. The number of aryl methyl sites for hydroxylation is 2. The SMILES string of the molecule is Cc1cc(Nc2cc(C(F)(F)F)ccn2)nc(-c2cnc([C@]3(O)CCCCc4ccc(C(=O)O)cc43)s2)c1. The summed E-state index contributed by atoms with van der Waals surface area (Å²) in [5.41, 5.74) is 0.598. The Labute approximate surface area is 220 Å². The number of halogens is 3. The maximum atomic E-state index is 13.1. The molecule has 1 aromatic carbocycles. The largest absolute Gasteiger partial charge is 0.478 e. The molecule has 7 nitrogen and oxygen atoms in total. The number of aromatic carboxylic acids is 1. The van der Waals surface area contributed by atoms with Crippen molar-refractivity contribution in [3.8, 4) is 10.6 Å². The number of hydrogen-bond donors (Lipinski definition) is 3. The third-order valence-electron chi connectivity index (χ3n) is 6.46. The minimum atomic E-state index is -4.49. The predicted molar refractivity (Wildman–Crippen MR) is 137 cm³/mol. The standard InChI is InChI=1S/C27H23F3N4O3S/c1-15-10-20(33-23(11-15)34-22-13-18(7-9-31-22)27(28,29)30)21-14-32-25(38-21)26(37)8-3-2-4-16-5-6-17(24(35)36)12-19(16)26/h5-7,9-14,37H,2-4,8H2,1H3,(H,35,36)(H,31,33,34)/t26-/m0/s1. The van der Waals surface area contributed by atoms with Gasteiger partial charge in [-0.15, -0.1) is 11.3 Å². The van der Waals surface area contributed by atoms with Crippen LogP contribution in [0.3, 0.4) is 0 Å². The summed E-state index contributed by atoms with van der Waals surface area (Å²) in [5, 5.41) is 24.6. The first-order valence-electron chi connectivity index (χ1n) is 11.9. The van der Waals surface area contributed by atoms with Gasteiger partial charge >= 0.3 is 12.1 Å². The van der Waals surface area contributed by atoms with Crippen molar-refractivity contribution in [1.82, 2.24) is 15.0 Å². The molecule has 0 bridgehead atoms. The van der Waals surface area contributed by atoms with Crippen molar-refractivity contribution in [2.24, 2.45) is 0 Å². The molecule has 0 aliphatic heterocycles. The van der Waals surface area contributed by atoms with Crippen molar-refractivity contribution in [1.29, 1.82) is 0 Å². The molecule has 3 N–H and O–H groups in total. The first kappa shape index (κ1) is 25.8. The molecule has 11 heteroatoms. The normalized spacial score (nSPS) is 17.5. The Morgan fingerprint density at radius 3 is 2.66 bits per heavy atom. The van der Waals surface area contributed by atoms with E-state index >= 15 is 0 Å². The molecule has 38 heavy (non-hydrogen) atoms. The highest BCUT2D eigenvalue weighted by Crippen LogP contribution is 2.43. The zero-order chi connectivity index (χ0) is 27.1. The summed E-state index contributed by atoms with van der Waals surface area (Å²) in [6.45, 7) is 1.83. The van der Waals surface area contributed by atoms with E-state index in [4.69, 9.17) is 0 Å². The van der Waals surface area contributed by atoms with Crippen molar-refractivity contribution in [2.75, 3.05) is 5.32 Å². The van der Waals surface area contributed by atoms with Crippen LogP contribution in [0.1, 0.15) is 56.9 Å². The Morgan fingerprint density at radius 2 is 1.89 bits per heavy atom. The summed E-state index contributed by atoms with van der Waals surface area (Å²) >= 11 is 1.24. The number of thiazole rings is 1. The van der Waals surface area contributed by atoms with E-state index in [1.165, 1.54) is 17.4 Å². The van der Waals surface area contributed by atoms with E-state index in [-0.39, 0.29) is 11.4 Å². The van der Waals surface area contributed by atoms with E-state index < -0.39 is 23.3 Å². The highest BCUT2D eigenvalue weighted by Gasteiger charge is 2.38. The monoisotopic (exact) mass is 540 g/mol. The van der Waals surface area contributed by atoms with Crippen LogP contribution >= 0.6 is 11.3 Å². The van der Waals surface area contributed by atoms with E-state index in [9.17, 15) is 28.2 Å². The molecule has 4 aromatic rings. The lowest BCUT2D eigenvalue weighted by atomic mass is 9.87. The average Bonchev–Trinajstić information content (AvgIpc) is 3.31. The van der Waals surface area contributed by atoms with Gasteiger partial charge in [-0.25, -0.2) is 19.7 Å². The third kappa shape index (κ3) is 5.11. The molecule has 1 atom stereocenters. The van der Waals surface area contributed by atoms with Crippen LogP contribution in [0.25, 0.3) is 10.6 Å². The molecule has 0 saturated heterocycles. The van der Waals surface area contributed by atoms with Crippen LogP contribution in [0.15, 0.2) is 54.9 Å². The molecule has 196 valence electrons. The Morgan fingerprint density at radius 1 is 1.08 bits per heavy atom. The average molecular weight is 541 g/mol. The first-order valence-corrected chi connectivity index (χ1v) is 12.7. The summed E-state index contributed by atoms with van der Waals surface area (Å²) in [6.07, 6.45) is 0.905. The summed E-state index contributed by atoms with van der Waals surface area (Å²) in [4.78, 5) is 25.3. The zero-order valence-corrected chi connectivity index (χ0v) is 21.0. The number of carbonyl (C=O) groups is 1. The number of nitrogens with zero attached hydrogens (tertiary/aromatic N) is 3. The molecule has 0 radical (unpaired) electrons. The van der Waals surface area contributed by atoms with Gasteiger partial charge in [0.1, 0.15) is 22.2 Å². The lowest BCUT2D eigenvalue weighted by molar-refractivity contribution is -0.137. The predicted octanol–water partition coefficient (Wildman–Crippen LogP) is 6.33. The molecule has 0 saturated carbocycles. The van der Waals surface area contributed by atoms with E-state index in [1.807, 2.05) is 13.0 Å². The number of fused-ring (bicyclic) bond motifs is 1. The Balaban J connectivity index is 1.49. The summed E-state index contributed by atoms with van der Waals surface area (Å²) < 4.78 is 39.3. The number of rotatable bonds is 5. The molecule has 1 aliphatic carbocycles. The van der Waals surface area contributed by atoms with Crippen molar-refractivity contribution >= 4 is 28.9 Å². The Bertz CT molecular complexity index is 1520. The summed E-state index contributed by atoms with van der Waals surface area (Å²) in [7, 11) is 0. The van der Waals surface area contributed by atoms with Crippen LogP contribution in [0.4, 0.5) is 24.8 Å². The van der Waals surface area contributed by atoms with Crippen molar-refractivity contribution < 1.29 is 28.2 Å². The van der Waals surface area contributed by atoms with Gasteiger partial charge in [0.15, 0.2) is 0 Å². The number of anilines is 2. The zero-order valence-electron chi connectivity index (χ0n) is 20.2. The van der Waals surface area contributed by atoms with Crippen LogP contribution in [0, 0.1) is 6.92 Å². The van der Waals surface area contributed by atoms with Gasteiger partial charge in [0, 0.05) is 12.4 Å². The maximum Gasteiger partial charge on any atom is 0.416 e. The van der Waals surface area contributed by atoms with Gasteiger partial charge in [-0.1, -0.05) is 6.07 Å². The molecule has 1 aliphatic rings. The topological polar surface area (TPSA) is 108 Å². The van der Waals surface area contributed by atoms with Crippen LogP contribution in [0.2, 0.25) is 0 Å². The van der Waals surface area contributed by atoms with Gasteiger partial charge in [0.2, 0.25) is 0 Å². The van der Waals surface area contributed by atoms with Gasteiger partial charge in [-0.05, 0) is 85.7 Å². The lowest BCUT2D eigenvalue weighted by Gasteiger charge is -2.27. The van der Waals surface area contributed by atoms with Gasteiger partial charge in [0.05, 0.1) is 21.7 Å². The molecule has 0 unspecified atom stereocenters. The number of aromatic nitrogens is 3. The molecule has 0 fully saturated rings. The number of pyridine rings is 2. The second-order valence-electron chi connectivity index (χ2n) is 9.24. The van der Waals surface area contributed by atoms with Crippen LogP contribution in [-0.4, -0.2) is 31.1 Å². The fourth-order valence-electron chi connectivity index (χ4n) is 4.61. The number of carboxylic acids is 1. The van der Waals surface area contributed by atoms with Gasteiger partial charge in [0.25, 0.3) is 0 Å². The van der Waals surface area contributed by atoms with Crippen LogP contribution in [0.5, 0.6) is 0 Å². The fourth-order valence-corrected chi connectivity index (χ4v) is 5.62. The molecular weight excluding hydrogens is 517 g/mol. The summed E-state index contributed by atoms with van der Waals surface area (Å²) in [6, 6.07) is 10.1. The number of alkyl halides is 3. The van der Waals surface area contributed by atoms with Gasteiger partial charge in [-0.2, -0.15) is 13.2 Å². The number of nitrogens with one attached hydrogen (secondary N) is 1. The van der Waals surface area contributed by atoms with E-state index in [0.29, 0.717) is 33.4 Å². The van der Waals surface area contributed by atoms with Crippen LogP contribution < -0.4 is 5.32 Å².